The molecular formula is C11H14IN. The summed E-state index contributed by atoms with van der Waals surface area (Å²) in [5, 5.41) is 0. The fourth-order valence-electron chi connectivity index (χ4n) is 1.52. The number of benzene rings is 1. The van der Waals surface area contributed by atoms with Gasteiger partial charge in [-0.1, -0.05) is 12.1 Å². The van der Waals surface area contributed by atoms with Crippen molar-refractivity contribution in [3.8, 4) is 0 Å². The lowest BCUT2D eigenvalue weighted by Gasteiger charge is -2.15. The van der Waals surface area contributed by atoms with Crippen molar-refractivity contribution in [2.45, 2.75) is 25.4 Å². The molecule has 1 aliphatic rings. The van der Waals surface area contributed by atoms with Crippen LogP contribution in [-0.4, -0.2) is 18.0 Å². The second-order valence-corrected chi connectivity index (χ2v) is 5.02. The Morgan fingerprint density at radius 3 is 2.46 bits per heavy atom. The van der Waals surface area contributed by atoms with Crippen LogP contribution in [0.4, 0.5) is 0 Å². The van der Waals surface area contributed by atoms with E-state index < -0.39 is 0 Å². The number of hydrogen-bond donors (Lipinski definition) is 0. The van der Waals surface area contributed by atoms with Gasteiger partial charge in [0.2, 0.25) is 0 Å². The maximum absolute atomic E-state index is 2.45. The van der Waals surface area contributed by atoms with Gasteiger partial charge in [0.05, 0.1) is 0 Å². The van der Waals surface area contributed by atoms with E-state index in [2.05, 4.69) is 58.8 Å². The summed E-state index contributed by atoms with van der Waals surface area (Å²) in [4.78, 5) is 2.45. The molecule has 1 aromatic carbocycles. The highest BCUT2D eigenvalue weighted by Gasteiger charge is 2.25. The summed E-state index contributed by atoms with van der Waals surface area (Å²) >= 11 is 2.34. The van der Waals surface area contributed by atoms with Crippen LogP contribution in [-0.2, 0) is 6.54 Å². The lowest BCUT2D eigenvalue weighted by atomic mass is 10.2. The Hall–Kier alpha value is -0.0900. The average Bonchev–Trinajstić information content (AvgIpc) is 2.91. The lowest BCUT2D eigenvalue weighted by Crippen LogP contribution is -2.19. The first-order valence-corrected chi connectivity index (χ1v) is 5.78. The van der Waals surface area contributed by atoms with E-state index in [-0.39, 0.29) is 0 Å². The van der Waals surface area contributed by atoms with Crippen molar-refractivity contribution < 1.29 is 0 Å². The molecule has 1 aromatic rings. The van der Waals surface area contributed by atoms with Gasteiger partial charge in [-0.05, 0) is 60.2 Å². The van der Waals surface area contributed by atoms with Gasteiger partial charge in [0.1, 0.15) is 0 Å². The van der Waals surface area contributed by atoms with Crippen molar-refractivity contribution in [2.75, 3.05) is 7.05 Å². The predicted molar refractivity (Wildman–Crippen MR) is 63.6 cm³/mol. The zero-order valence-electron chi connectivity index (χ0n) is 7.83. The molecule has 0 spiro atoms. The monoisotopic (exact) mass is 287 g/mol. The molecule has 0 aromatic heterocycles. The number of hydrogen-bond acceptors (Lipinski definition) is 1. The fraction of sp³-hybridized carbons (Fsp3) is 0.455. The highest BCUT2D eigenvalue weighted by molar-refractivity contribution is 14.1. The predicted octanol–water partition coefficient (Wildman–Crippen LogP) is 2.89. The molecule has 2 heteroatoms. The Bertz CT molecular complexity index is 277. The third-order valence-corrected chi connectivity index (χ3v) is 3.23. The Morgan fingerprint density at radius 1 is 1.31 bits per heavy atom. The first-order chi connectivity index (χ1) is 6.25. The summed E-state index contributed by atoms with van der Waals surface area (Å²) in [6.45, 7) is 1.10. The number of halogens is 1. The van der Waals surface area contributed by atoms with Gasteiger partial charge in [0.15, 0.2) is 0 Å². The van der Waals surface area contributed by atoms with E-state index in [0.717, 1.165) is 12.6 Å². The van der Waals surface area contributed by atoms with Crippen LogP contribution < -0.4 is 0 Å². The molecule has 0 heterocycles. The molecule has 1 aliphatic carbocycles. The maximum Gasteiger partial charge on any atom is 0.0233 e. The van der Waals surface area contributed by atoms with Crippen molar-refractivity contribution in [1.29, 1.82) is 0 Å². The number of nitrogens with zero attached hydrogens (tertiary/aromatic N) is 1. The molecule has 1 nitrogen and oxygen atoms in total. The van der Waals surface area contributed by atoms with Crippen LogP contribution in [0.2, 0.25) is 0 Å². The zero-order valence-corrected chi connectivity index (χ0v) is 9.99. The van der Waals surface area contributed by atoms with Gasteiger partial charge in [-0.2, -0.15) is 0 Å². The standard InChI is InChI=1S/C11H14IN/c1-13(11-6-7-11)8-9-2-4-10(12)5-3-9/h2-5,11H,6-8H2,1H3. The van der Waals surface area contributed by atoms with Gasteiger partial charge >= 0.3 is 0 Å². The molecular weight excluding hydrogens is 273 g/mol. The first-order valence-electron chi connectivity index (χ1n) is 4.70. The highest BCUT2D eigenvalue weighted by atomic mass is 127. The summed E-state index contributed by atoms with van der Waals surface area (Å²) in [6, 6.07) is 9.66. The minimum atomic E-state index is 0.860. The third kappa shape index (κ3) is 2.68. The van der Waals surface area contributed by atoms with E-state index >= 15 is 0 Å². The Balaban J connectivity index is 1.96. The molecule has 0 atom stereocenters. The van der Waals surface area contributed by atoms with Crippen LogP contribution in [0.3, 0.4) is 0 Å². The third-order valence-electron chi connectivity index (χ3n) is 2.52. The molecule has 70 valence electrons. The normalized spacial score (nSPS) is 16.5. The molecule has 0 N–H and O–H groups in total. The zero-order chi connectivity index (χ0) is 9.26. The van der Waals surface area contributed by atoms with Gasteiger partial charge in [-0.15, -0.1) is 0 Å². The minimum Gasteiger partial charge on any atom is -0.299 e. The largest absolute Gasteiger partial charge is 0.299 e. The second kappa shape index (κ2) is 3.96. The van der Waals surface area contributed by atoms with E-state index in [9.17, 15) is 0 Å². The van der Waals surface area contributed by atoms with Crippen molar-refractivity contribution in [3.63, 3.8) is 0 Å². The molecule has 2 rings (SSSR count). The van der Waals surface area contributed by atoms with Crippen molar-refractivity contribution >= 4 is 22.6 Å². The summed E-state index contributed by atoms with van der Waals surface area (Å²) in [7, 11) is 2.22. The molecule has 0 radical (unpaired) electrons. The van der Waals surface area contributed by atoms with Gasteiger partial charge < -0.3 is 0 Å². The summed E-state index contributed by atoms with van der Waals surface area (Å²) in [5.41, 5.74) is 1.43. The van der Waals surface area contributed by atoms with E-state index in [0.29, 0.717) is 0 Å². The SMILES string of the molecule is CN(Cc1ccc(I)cc1)C1CC1. The Kier molecular flexibility index (Phi) is 2.89. The van der Waals surface area contributed by atoms with Gasteiger partial charge in [-0.3, -0.25) is 4.90 Å². The summed E-state index contributed by atoms with van der Waals surface area (Å²) in [5.74, 6) is 0. The Morgan fingerprint density at radius 2 is 1.92 bits per heavy atom. The van der Waals surface area contributed by atoms with Gasteiger partial charge in [-0.25, -0.2) is 0 Å². The van der Waals surface area contributed by atoms with Crippen molar-refractivity contribution in [1.82, 2.24) is 4.90 Å². The molecule has 1 fully saturated rings. The highest BCUT2D eigenvalue weighted by Crippen LogP contribution is 2.26. The Labute approximate surface area is 93.3 Å². The summed E-state index contributed by atoms with van der Waals surface area (Å²) in [6.07, 6.45) is 2.78. The minimum absolute atomic E-state index is 0.860. The maximum atomic E-state index is 2.45. The quantitative estimate of drug-likeness (QED) is 0.773. The van der Waals surface area contributed by atoms with Crippen LogP contribution >= 0.6 is 22.6 Å². The van der Waals surface area contributed by atoms with Crippen molar-refractivity contribution in [3.05, 3.63) is 33.4 Å². The van der Waals surface area contributed by atoms with Crippen LogP contribution in [0.25, 0.3) is 0 Å². The fourth-order valence-corrected chi connectivity index (χ4v) is 1.88. The lowest BCUT2D eigenvalue weighted by molar-refractivity contribution is 0.316. The molecule has 0 bridgehead atoms. The van der Waals surface area contributed by atoms with Gasteiger partial charge in [0, 0.05) is 16.2 Å². The van der Waals surface area contributed by atoms with E-state index in [1.54, 1.807) is 0 Å². The van der Waals surface area contributed by atoms with E-state index in [1.807, 2.05) is 0 Å². The molecule has 13 heavy (non-hydrogen) atoms. The van der Waals surface area contributed by atoms with Crippen LogP contribution in [0.5, 0.6) is 0 Å². The van der Waals surface area contributed by atoms with Gasteiger partial charge in [0.25, 0.3) is 0 Å². The molecule has 1 saturated carbocycles. The van der Waals surface area contributed by atoms with Crippen LogP contribution in [0.1, 0.15) is 18.4 Å². The van der Waals surface area contributed by atoms with E-state index in [1.165, 1.54) is 22.0 Å². The molecule has 0 saturated heterocycles. The first kappa shape index (κ1) is 9.46. The molecule has 0 aliphatic heterocycles. The molecule has 0 unspecified atom stereocenters. The topological polar surface area (TPSA) is 3.24 Å². The van der Waals surface area contributed by atoms with Crippen LogP contribution in [0.15, 0.2) is 24.3 Å². The van der Waals surface area contributed by atoms with Crippen molar-refractivity contribution in [2.24, 2.45) is 0 Å². The van der Waals surface area contributed by atoms with Crippen LogP contribution in [0, 0.1) is 3.57 Å². The summed E-state index contributed by atoms with van der Waals surface area (Å²) < 4.78 is 1.32. The number of rotatable bonds is 3. The molecule has 0 amide bonds. The smallest absolute Gasteiger partial charge is 0.0233 e. The average molecular weight is 287 g/mol. The van der Waals surface area contributed by atoms with E-state index in [4.69, 9.17) is 0 Å². The second-order valence-electron chi connectivity index (χ2n) is 3.77.